The Morgan fingerprint density at radius 3 is 2.71 bits per heavy atom. The van der Waals surface area contributed by atoms with Gasteiger partial charge in [0.2, 0.25) is 0 Å². The number of hydrogen-bond donors (Lipinski definition) is 0. The number of terminal acetylenes is 1. The van der Waals surface area contributed by atoms with Crippen LogP contribution in [0.3, 0.4) is 0 Å². The Hall–Kier alpha value is -1.94. The maximum Gasteiger partial charge on any atom is 0.134 e. The molecule has 0 atom stereocenters. The summed E-state index contributed by atoms with van der Waals surface area (Å²) in [4.78, 5) is 0. The maximum absolute atomic E-state index is 5.50. The molecular weight excluding hydrogens is 172 g/mol. The monoisotopic (exact) mass is 182 g/mol. The van der Waals surface area contributed by atoms with Gasteiger partial charge in [-0.25, -0.2) is 0 Å². The second kappa shape index (κ2) is 3.43. The molecule has 0 unspecified atom stereocenters. The fraction of sp³-hybridized carbons (Fsp3) is 0.0769. The van der Waals surface area contributed by atoms with Crippen molar-refractivity contribution in [3.8, 4) is 23.7 Å². The summed E-state index contributed by atoms with van der Waals surface area (Å²) >= 11 is 0. The first-order chi connectivity index (χ1) is 6.79. The van der Waals surface area contributed by atoms with Crippen molar-refractivity contribution in [2.75, 3.05) is 0 Å². The third kappa shape index (κ3) is 1.55. The smallest absolute Gasteiger partial charge is 0.134 e. The van der Waals surface area contributed by atoms with Gasteiger partial charge in [-0.2, -0.15) is 0 Å². The molecule has 0 N–H and O–H groups in total. The fourth-order valence-electron chi connectivity index (χ4n) is 1.35. The van der Waals surface area contributed by atoms with Crippen LogP contribution in [-0.2, 0) is 0 Å². The lowest BCUT2D eigenvalue weighted by Gasteiger charge is -1.97. The Bertz CT molecular complexity index is 486. The summed E-state index contributed by atoms with van der Waals surface area (Å²) in [5.41, 5.74) is 1.89. The normalized spacial score (nSPS) is 9.71. The average Bonchev–Trinajstić information content (AvgIpc) is 2.65. The molecule has 68 valence electrons. The van der Waals surface area contributed by atoms with E-state index in [4.69, 9.17) is 10.8 Å². The molecule has 1 aromatic carbocycles. The van der Waals surface area contributed by atoms with Crippen LogP contribution in [0.15, 0.2) is 40.8 Å². The largest absolute Gasteiger partial charge is 0.461 e. The van der Waals surface area contributed by atoms with E-state index in [1.165, 1.54) is 0 Å². The topological polar surface area (TPSA) is 13.1 Å². The second-order valence-corrected chi connectivity index (χ2v) is 3.14. The molecule has 2 aromatic rings. The number of benzene rings is 1. The Kier molecular flexibility index (Phi) is 2.12. The second-order valence-electron chi connectivity index (χ2n) is 3.14. The molecule has 1 aromatic heterocycles. The van der Waals surface area contributed by atoms with Gasteiger partial charge >= 0.3 is 0 Å². The molecule has 1 heterocycles. The molecule has 1 nitrogen and oxygen atoms in total. The average molecular weight is 182 g/mol. The van der Waals surface area contributed by atoms with Gasteiger partial charge in [0.15, 0.2) is 0 Å². The molecule has 0 radical (unpaired) electrons. The van der Waals surface area contributed by atoms with Crippen LogP contribution in [0.1, 0.15) is 11.3 Å². The Morgan fingerprint density at radius 2 is 2.07 bits per heavy atom. The lowest BCUT2D eigenvalue weighted by molar-refractivity contribution is 0.548. The van der Waals surface area contributed by atoms with Crippen molar-refractivity contribution in [3.05, 3.63) is 47.7 Å². The number of furan rings is 1. The van der Waals surface area contributed by atoms with Gasteiger partial charge in [0.1, 0.15) is 11.5 Å². The van der Waals surface area contributed by atoms with E-state index >= 15 is 0 Å². The zero-order valence-corrected chi connectivity index (χ0v) is 7.95. The minimum atomic E-state index is 0.861. The van der Waals surface area contributed by atoms with Gasteiger partial charge in [0.25, 0.3) is 0 Å². The quantitative estimate of drug-likeness (QED) is 0.617. The molecule has 0 amide bonds. The minimum absolute atomic E-state index is 0.861. The highest BCUT2D eigenvalue weighted by atomic mass is 16.3. The van der Waals surface area contributed by atoms with Crippen LogP contribution in [0.25, 0.3) is 11.3 Å². The molecule has 14 heavy (non-hydrogen) atoms. The van der Waals surface area contributed by atoms with E-state index in [2.05, 4.69) is 5.92 Å². The Morgan fingerprint density at radius 1 is 1.21 bits per heavy atom. The zero-order chi connectivity index (χ0) is 9.97. The first kappa shape index (κ1) is 8.65. The van der Waals surface area contributed by atoms with Crippen molar-refractivity contribution < 1.29 is 4.42 Å². The van der Waals surface area contributed by atoms with Crippen LogP contribution in [0.2, 0.25) is 0 Å². The summed E-state index contributed by atoms with van der Waals surface area (Å²) in [7, 11) is 0. The van der Waals surface area contributed by atoms with Crippen LogP contribution in [0.4, 0.5) is 0 Å². The van der Waals surface area contributed by atoms with Crippen molar-refractivity contribution in [1.82, 2.24) is 0 Å². The van der Waals surface area contributed by atoms with Gasteiger partial charge < -0.3 is 4.42 Å². The molecule has 0 aliphatic rings. The highest BCUT2D eigenvalue weighted by Gasteiger charge is 2.01. The SMILES string of the molecule is C#Cc1cccc(-c2ccc(C)o2)c1. The lowest BCUT2D eigenvalue weighted by Crippen LogP contribution is -1.76. The van der Waals surface area contributed by atoms with E-state index in [-0.39, 0.29) is 0 Å². The van der Waals surface area contributed by atoms with Crippen molar-refractivity contribution in [1.29, 1.82) is 0 Å². The summed E-state index contributed by atoms with van der Waals surface area (Å²) in [6, 6.07) is 11.7. The van der Waals surface area contributed by atoms with E-state index < -0.39 is 0 Å². The standard InChI is InChI=1S/C13H10O/c1-3-11-5-4-6-12(9-11)13-8-7-10(2)14-13/h1,4-9H,2H3. The molecule has 0 bridgehead atoms. The molecule has 1 heteroatoms. The van der Waals surface area contributed by atoms with Gasteiger partial charge in [0, 0.05) is 11.1 Å². The molecule has 0 fully saturated rings. The van der Waals surface area contributed by atoms with Crippen molar-refractivity contribution in [3.63, 3.8) is 0 Å². The number of hydrogen-bond acceptors (Lipinski definition) is 1. The van der Waals surface area contributed by atoms with E-state index in [9.17, 15) is 0 Å². The van der Waals surface area contributed by atoms with Gasteiger partial charge in [-0.15, -0.1) is 6.42 Å². The fourth-order valence-corrected chi connectivity index (χ4v) is 1.35. The summed E-state index contributed by atoms with van der Waals surface area (Å²) in [6.07, 6.45) is 5.32. The van der Waals surface area contributed by atoms with Crippen LogP contribution >= 0.6 is 0 Å². The first-order valence-corrected chi connectivity index (χ1v) is 4.43. The van der Waals surface area contributed by atoms with Gasteiger partial charge in [0.05, 0.1) is 0 Å². The predicted octanol–water partition coefficient (Wildman–Crippen LogP) is 3.24. The predicted molar refractivity (Wildman–Crippen MR) is 56.8 cm³/mol. The van der Waals surface area contributed by atoms with Crippen LogP contribution in [0.5, 0.6) is 0 Å². The molecule has 0 aliphatic carbocycles. The van der Waals surface area contributed by atoms with Gasteiger partial charge in [-0.05, 0) is 31.2 Å². The van der Waals surface area contributed by atoms with Crippen molar-refractivity contribution in [2.45, 2.75) is 6.92 Å². The third-order valence-corrected chi connectivity index (χ3v) is 2.05. The molecule has 0 saturated heterocycles. The minimum Gasteiger partial charge on any atom is -0.461 e. The summed E-state index contributed by atoms with van der Waals surface area (Å²) in [5.74, 6) is 4.37. The number of rotatable bonds is 1. The van der Waals surface area contributed by atoms with Crippen LogP contribution in [-0.4, -0.2) is 0 Å². The molecular formula is C13H10O. The Balaban J connectivity index is 2.47. The summed E-state index contributed by atoms with van der Waals surface area (Å²) in [5, 5.41) is 0. The number of aryl methyl sites for hydroxylation is 1. The highest BCUT2D eigenvalue weighted by molar-refractivity contribution is 5.60. The molecule has 2 rings (SSSR count). The van der Waals surface area contributed by atoms with Crippen molar-refractivity contribution in [2.24, 2.45) is 0 Å². The highest BCUT2D eigenvalue weighted by Crippen LogP contribution is 2.22. The maximum atomic E-state index is 5.50. The lowest BCUT2D eigenvalue weighted by atomic mass is 10.1. The first-order valence-electron chi connectivity index (χ1n) is 4.43. The molecule has 0 saturated carbocycles. The zero-order valence-electron chi connectivity index (χ0n) is 7.95. The van der Waals surface area contributed by atoms with Gasteiger partial charge in [-0.1, -0.05) is 18.1 Å². The van der Waals surface area contributed by atoms with E-state index in [1.807, 2.05) is 43.3 Å². The van der Waals surface area contributed by atoms with Crippen LogP contribution in [0, 0.1) is 19.3 Å². The molecule has 0 aliphatic heterocycles. The molecule has 0 spiro atoms. The van der Waals surface area contributed by atoms with E-state index in [0.717, 1.165) is 22.6 Å². The summed E-state index contributed by atoms with van der Waals surface area (Å²) in [6.45, 7) is 1.93. The van der Waals surface area contributed by atoms with Crippen LogP contribution < -0.4 is 0 Å². The van der Waals surface area contributed by atoms with Crippen molar-refractivity contribution >= 4 is 0 Å². The van der Waals surface area contributed by atoms with Gasteiger partial charge in [-0.3, -0.25) is 0 Å². The van der Waals surface area contributed by atoms with E-state index in [1.54, 1.807) is 0 Å². The van der Waals surface area contributed by atoms with E-state index in [0.29, 0.717) is 0 Å². The third-order valence-electron chi connectivity index (χ3n) is 2.05. The summed E-state index contributed by atoms with van der Waals surface area (Å²) < 4.78 is 5.50. The Labute approximate surface area is 83.4 Å².